The lowest BCUT2D eigenvalue weighted by Gasteiger charge is -2.31. The smallest absolute Gasteiger partial charge is 0.223 e. The van der Waals surface area contributed by atoms with Crippen LogP contribution in [0.2, 0.25) is 0 Å². The van der Waals surface area contributed by atoms with Gasteiger partial charge in [-0.15, -0.1) is 0 Å². The Balaban J connectivity index is 1.59. The van der Waals surface area contributed by atoms with Gasteiger partial charge in [0.25, 0.3) is 0 Å². The fourth-order valence-electron chi connectivity index (χ4n) is 2.92. The molecule has 122 valence electrons. The first kappa shape index (κ1) is 16.8. The molecule has 1 aromatic carbocycles. The maximum Gasteiger partial charge on any atom is 0.223 e. The molecule has 4 heteroatoms. The van der Waals surface area contributed by atoms with Gasteiger partial charge < -0.3 is 15.0 Å². The third kappa shape index (κ3) is 5.34. The molecule has 1 aliphatic heterocycles. The zero-order valence-electron chi connectivity index (χ0n) is 13.8. The molecule has 4 nitrogen and oxygen atoms in total. The summed E-state index contributed by atoms with van der Waals surface area (Å²) in [5.41, 5.74) is 1.28. The number of carbonyl (C=O) groups is 1. The molecule has 0 radical (unpaired) electrons. The summed E-state index contributed by atoms with van der Waals surface area (Å²) in [6.07, 6.45) is 3.98. The van der Waals surface area contributed by atoms with Crippen LogP contribution in [0.4, 0.5) is 0 Å². The molecule has 1 unspecified atom stereocenters. The molecule has 1 aromatic rings. The second-order valence-electron chi connectivity index (χ2n) is 6.19. The van der Waals surface area contributed by atoms with Gasteiger partial charge >= 0.3 is 0 Å². The zero-order valence-corrected chi connectivity index (χ0v) is 13.8. The van der Waals surface area contributed by atoms with Crippen LogP contribution in [0.1, 0.15) is 31.7 Å². The van der Waals surface area contributed by atoms with Gasteiger partial charge in [-0.05, 0) is 49.4 Å². The molecular formula is C18H28N2O2. The van der Waals surface area contributed by atoms with E-state index in [4.69, 9.17) is 4.74 Å². The topological polar surface area (TPSA) is 41.6 Å². The standard InChI is InChI=1S/C18H28N2O2/c1-15-4-3-13-20(14-15)18(21)10-12-19-11-9-16-5-7-17(22-2)8-6-16/h5-8,15,19H,3-4,9-14H2,1-2H3. The molecule has 2 rings (SSSR count). The molecule has 1 amide bonds. The van der Waals surface area contributed by atoms with E-state index in [1.54, 1.807) is 7.11 Å². The van der Waals surface area contributed by atoms with Crippen molar-refractivity contribution < 1.29 is 9.53 Å². The van der Waals surface area contributed by atoms with Gasteiger partial charge in [0.1, 0.15) is 5.75 Å². The molecule has 0 aromatic heterocycles. The van der Waals surface area contributed by atoms with E-state index in [9.17, 15) is 4.79 Å². The number of likely N-dealkylation sites (tertiary alicyclic amines) is 1. The summed E-state index contributed by atoms with van der Waals surface area (Å²) in [5, 5.41) is 3.36. The van der Waals surface area contributed by atoms with E-state index in [1.807, 2.05) is 17.0 Å². The normalized spacial score (nSPS) is 18.3. The van der Waals surface area contributed by atoms with Crippen molar-refractivity contribution in [1.82, 2.24) is 10.2 Å². The van der Waals surface area contributed by atoms with Crippen molar-refractivity contribution in [3.05, 3.63) is 29.8 Å². The Bertz CT molecular complexity index is 459. The van der Waals surface area contributed by atoms with E-state index in [2.05, 4.69) is 24.4 Å². The highest BCUT2D eigenvalue weighted by molar-refractivity contribution is 5.76. The molecule has 1 atom stereocenters. The first-order chi connectivity index (χ1) is 10.7. The molecule has 1 aliphatic rings. The molecule has 0 bridgehead atoms. The lowest BCUT2D eigenvalue weighted by atomic mass is 10.00. The molecule has 0 aliphatic carbocycles. The Morgan fingerprint density at radius 2 is 2.09 bits per heavy atom. The summed E-state index contributed by atoms with van der Waals surface area (Å²) in [4.78, 5) is 14.1. The number of methoxy groups -OCH3 is 1. The van der Waals surface area contributed by atoms with Crippen LogP contribution in [0.15, 0.2) is 24.3 Å². The lowest BCUT2D eigenvalue weighted by Crippen LogP contribution is -2.40. The van der Waals surface area contributed by atoms with Crippen molar-refractivity contribution in [2.24, 2.45) is 5.92 Å². The molecule has 0 saturated carbocycles. The Kier molecular flexibility index (Phi) is 6.72. The Morgan fingerprint density at radius 1 is 1.32 bits per heavy atom. The molecular weight excluding hydrogens is 276 g/mol. The SMILES string of the molecule is COc1ccc(CCNCCC(=O)N2CCCC(C)C2)cc1. The van der Waals surface area contributed by atoms with E-state index in [-0.39, 0.29) is 0 Å². The van der Waals surface area contributed by atoms with Crippen molar-refractivity contribution in [3.63, 3.8) is 0 Å². The van der Waals surface area contributed by atoms with E-state index in [0.29, 0.717) is 18.2 Å². The highest BCUT2D eigenvalue weighted by Gasteiger charge is 2.20. The second kappa shape index (κ2) is 8.79. The number of nitrogens with one attached hydrogen (secondary N) is 1. The third-order valence-electron chi connectivity index (χ3n) is 4.27. The Labute approximate surface area is 133 Å². The van der Waals surface area contributed by atoms with E-state index >= 15 is 0 Å². The number of hydrogen-bond acceptors (Lipinski definition) is 3. The van der Waals surface area contributed by atoms with E-state index < -0.39 is 0 Å². The van der Waals surface area contributed by atoms with Crippen LogP contribution in [0, 0.1) is 5.92 Å². The van der Waals surface area contributed by atoms with Crippen LogP contribution in [-0.4, -0.2) is 44.1 Å². The van der Waals surface area contributed by atoms with Crippen LogP contribution >= 0.6 is 0 Å². The average Bonchev–Trinajstić information content (AvgIpc) is 2.55. The van der Waals surface area contributed by atoms with Crippen molar-refractivity contribution >= 4 is 5.91 Å². The molecule has 1 N–H and O–H groups in total. The number of ether oxygens (including phenoxy) is 1. The second-order valence-corrected chi connectivity index (χ2v) is 6.19. The minimum Gasteiger partial charge on any atom is -0.497 e. The largest absolute Gasteiger partial charge is 0.497 e. The third-order valence-corrected chi connectivity index (χ3v) is 4.27. The van der Waals surface area contributed by atoms with Gasteiger partial charge in [-0.3, -0.25) is 4.79 Å². The number of nitrogens with zero attached hydrogens (tertiary/aromatic N) is 1. The van der Waals surface area contributed by atoms with Gasteiger partial charge in [0.15, 0.2) is 0 Å². The number of piperidine rings is 1. The number of amides is 1. The minimum absolute atomic E-state index is 0.295. The van der Waals surface area contributed by atoms with Crippen molar-refractivity contribution in [1.29, 1.82) is 0 Å². The van der Waals surface area contributed by atoms with Gasteiger partial charge in [0.2, 0.25) is 5.91 Å². The zero-order chi connectivity index (χ0) is 15.8. The number of benzene rings is 1. The van der Waals surface area contributed by atoms with Gasteiger partial charge in [0, 0.05) is 26.1 Å². The Morgan fingerprint density at radius 3 is 2.77 bits per heavy atom. The first-order valence-electron chi connectivity index (χ1n) is 8.30. The molecule has 1 saturated heterocycles. The fraction of sp³-hybridized carbons (Fsp3) is 0.611. The monoisotopic (exact) mass is 304 g/mol. The quantitative estimate of drug-likeness (QED) is 0.787. The highest BCUT2D eigenvalue weighted by atomic mass is 16.5. The predicted molar refractivity (Wildman–Crippen MR) is 89.2 cm³/mol. The summed E-state index contributed by atoms with van der Waals surface area (Å²) in [6.45, 7) is 5.77. The van der Waals surface area contributed by atoms with Crippen LogP contribution < -0.4 is 10.1 Å². The summed E-state index contributed by atoms with van der Waals surface area (Å²) < 4.78 is 5.15. The fourth-order valence-corrected chi connectivity index (χ4v) is 2.92. The summed E-state index contributed by atoms with van der Waals surface area (Å²) in [5.74, 6) is 1.84. The van der Waals surface area contributed by atoms with Crippen LogP contribution in [-0.2, 0) is 11.2 Å². The maximum absolute atomic E-state index is 12.1. The van der Waals surface area contributed by atoms with Crippen molar-refractivity contribution in [2.45, 2.75) is 32.6 Å². The average molecular weight is 304 g/mol. The lowest BCUT2D eigenvalue weighted by molar-refractivity contribution is -0.132. The van der Waals surface area contributed by atoms with Gasteiger partial charge in [0.05, 0.1) is 7.11 Å². The summed E-state index contributed by atoms with van der Waals surface area (Å²) >= 11 is 0. The number of hydrogen-bond donors (Lipinski definition) is 1. The Hall–Kier alpha value is -1.55. The minimum atomic E-state index is 0.295. The number of rotatable bonds is 7. The first-order valence-corrected chi connectivity index (χ1v) is 8.30. The molecule has 1 fully saturated rings. The van der Waals surface area contributed by atoms with Crippen LogP contribution in [0.5, 0.6) is 5.75 Å². The molecule has 0 spiro atoms. The number of carbonyl (C=O) groups excluding carboxylic acids is 1. The molecule has 1 heterocycles. The van der Waals surface area contributed by atoms with Gasteiger partial charge in [-0.25, -0.2) is 0 Å². The van der Waals surface area contributed by atoms with E-state index in [1.165, 1.54) is 12.0 Å². The van der Waals surface area contributed by atoms with Gasteiger partial charge in [-0.1, -0.05) is 19.1 Å². The van der Waals surface area contributed by atoms with E-state index in [0.717, 1.165) is 44.8 Å². The maximum atomic E-state index is 12.1. The van der Waals surface area contributed by atoms with Crippen LogP contribution in [0.3, 0.4) is 0 Å². The highest BCUT2D eigenvalue weighted by Crippen LogP contribution is 2.16. The predicted octanol–water partition coefficient (Wildman–Crippen LogP) is 2.48. The van der Waals surface area contributed by atoms with Crippen molar-refractivity contribution in [3.8, 4) is 5.75 Å². The summed E-state index contributed by atoms with van der Waals surface area (Å²) in [7, 11) is 1.68. The summed E-state index contributed by atoms with van der Waals surface area (Å²) in [6, 6.07) is 8.13. The van der Waals surface area contributed by atoms with Crippen LogP contribution in [0.25, 0.3) is 0 Å². The molecule has 22 heavy (non-hydrogen) atoms. The van der Waals surface area contributed by atoms with Crippen molar-refractivity contribution in [2.75, 3.05) is 33.3 Å². The van der Waals surface area contributed by atoms with Gasteiger partial charge in [-0.2, -0.15) is 0 Å².